The lowest BCUT2D eigenvalue weighted by Crippen LogP contribution is -2.37. The molecule has 0 bridgehead atoms. The van der Waals surface area contributed by atoms with Crippen LogP contribution in [-0.4, -0.2) is 70.7 Å². The molecular weight excluding hydrogens is 721 g/mol. The second kappa shape index (κ2) is 39.8. The SMILES string of the molecule is CCCCCCCCC/C=C/C=C/C=C/C=C/C=C/C=C/C(=O)OC(COCCCCCCCCCCCCCCCCC)COP(=O)([O-])OCC[N+](C)(C)C. The van der Waals surface area contributed by atoms with E-state index in [1.165, 1.54) is 134 Å². The quantitative estimate of drug-likeness (QED) is 0.0152. The molecule has 0 aliphatic carbocycles. The molecule has 0 rings (SSSR count). The van der Waals surface area contributed by atoms with Gasteiger partial charge in [0.25, 0.3) is 7.82 Å². The summed E-state index contributed by atoms with van der Waals surface area (Å²) in [6, 6.07) is 0. The predicted molar refractivity (Wildman–Crippen MR) is 235 cm³/mol. The van der Waals surface area contributed by atoms with Crippen LogP contribution in [-0.2, 0) is 27.9 Å². The van der Waals surface area contributed by atoms with Crippen molar-refractivity contribution in [2.24, 2.45) is 0 Å². The van der Waals surface area contributed by atoms with Crippen LogP contribution in [0, 0.1) is 0 Å². The van der Waals surface area contributed by atoms with E-state index in [9.17, 15) is 14.3 Å². The molecule has 0 aromatic heterocycles. The normalized spacial score (nSPS) is 14.5. The Kier molecular flexibility index (Phi) is 38.3. The highest BCUT2D eigenvalue weighted by atomic mass is 31.2. The van der Waals surface area contributed by atoms with Crippen LogP contribution in [0.4, 0.5) is 0 Å². The summed E-state index contributed by atoms with van der Waals surface area (Å²) in [5, 5.41) is 0. The van der Waals surface area contributed by atoms with Gasteiger partial charge in [0.2, 0.25) is 0 Å². The van der Waals surface area contributed by atoms with Gasteiger partial charge in [-0.15, -0.1) is 0 Å². The van der Waals surface area contributed by atoms with Crippen LogP contribution >= 0.6 is 7.82 Å². The molecule has 56 heavy (non-hydrogen) atoms. The number of allylic oxidation sites excluding steroid dienone is 11. The van der Waals surface area contributed by atoms with Gasteiger partial charge in [-0.25, -0.2) is 4.79 Å². The van der Waals surface area contributed by atoms with Crippen molar-refractivity contribution in [1.29, 1.82) is 0 Å². The first-order valence-corrected chi connectivity index (χ1v) is 23.7. The number of phosphoric ester groups is 1. The topological polar surface area (TPSA) is 94.1 Å². The molecule has 2 unspecified atom stereocenters. The van der Waals surface area contributed by atoms with Gasteiger partial charge >= 0.3 is 5.97 Å². The molecule has 8 nitrogen and oxygen atoms in total. The first-order valence-electron chi connectivity index (χ1n) is 22.3. The number of likely N-dealkylation sites (N-methyl/N-ethyl adjacent to an activating group) is 1. The molecule has 9 heteroatoms. The van der Waals surface area contributed by atoms with Crippen LogP contribution in [0.5, 0.6) is 0 Å². The van der Waals surface area contributed by atoms with Crippen molar-refractivity contribution < 1.29 is 37.3 Å². The van der Waals surface area contributed by atoms with Crippen LogP contribution in [0.3, 0.4) is 0 Å². The van der Waals surface area contributed by atoms with E-state index in [1.54, 1.807) is 12.2 Å². The maximum Gasteiger partial charge on any atom is 0.331 e. The number of unbranched alkanes of at least 4 members (excludes halogenated alkanes) is 21. The van der Waals surface area contributed by atoms with Crippen LogP contribution in [0.2, 0.25) is 0 Å². The van der Waals surface area contributed by atoms with Gasteiger partial charge in [0.1, 0.15) is 19.3 Å². The summed E-state index contributed by atoms with van der Waals surface area (Å²) in [6.45, 7) is 5.17. The number of hydrogen-bond donors (Lipinski definition) is 0. The number of nitrogens with zero attached hydrogens (tertiary/aromatic N) is 1. The highest BCUT2D eigenvalue weighted by Gasteiger charge is 2.19. The lowest BCUT2D eigenvalue weighted by molar-refractivity contribution is -0.870. The fourth-order valence-electron chi connectivity index (χ4n) is 5.79. The summed E-state index contributed by atoms with van der Waals surface area (Å²) >= 11 is 0. The number of esters is 1. The Bertz CT molecular complexity index is 1120. The molecular formula is C47H84NO7P. The zero-order chi connectivity index (χ0) is 41.3. The summed E-state index contributed by atoms with van der Waals surface area (Å²) < 4.78 is 34.3. The predicted octanol–water partition coefficient (Wildman–Crippen LogP) is 12.5. The number of quaternary nitrogens is 1. The van der Waals surface area contributed by atoms with Gasteiger partial charge in [0.15, 0.2) is 0 Å². The van der Waals surface area contributed by atoms with Crippen molar-refractivity contribution in [3.05, 3.63) is 72.9 Å². The largest absolute Gasteiger partial charge is 0.756 e. The van der Waals surface area contributed by atoms with Crippen molar-refractivity contribution >= 4 is 13.8 Å². The number of carbonyl (C=O) groups excluding carboxylic acids is 1. The molecule has 324 valence electrons. The first-order chi connectivity index (χ1) is 27.1. The molecule has 2 atom stereocenters. The molecule has 0 aromatic carbocycles. The molecule has 0 aromatic rings. The van der Waals surface area contributed by atoms with Crippen molar-refractivity contribution in [1.82, 2.24) is 0 Å². The Hall–Kier alpha value is -2.06. The summed E-state index contributed by atoms with van der Waals surface area (Å²) in [6.07, 6.45) is 51.3. The summed E-state index contributed by atoms with van der Waals surface area (Å²) in [5.41, 5.74) is 0. The zero-order valence-corrected chi connectivity index (χ0v) is 37.5. The average Bonchev–Trinajstić information content (AvgIpc) is 3.15. The number of phosphoric acid groups is 1. The Morgan fingerprint density at radius 2 is 0.982 bits per heavy atom. The van der Waals surface area contributed by atoms with Crippen LogP contribution < -0.4 is 4.89 Å². The molecule has 0 aliphatic heterocycles. The number of hydrogen-bond acceptors (Lipinski definition) is 7. The molecule has 0 N–H and O–H groups in total. The molecule has 0 saturated heterocycles. The van der Waals surface area contributed by atoms with Crippen molar-refractivity contribution in [2.75, 3.05) is 54.1 Å². The Balaban J connectivity index is 4.49. The molecule has 0 spiro atoms. The van der Waals surface area contributed by atoms with Crippen molar-refractivity contribution in [3.8, 4) is 0 Å². The zero-order valence-electron chi connectivity index (χ0n) is 36.6. The van der Waals surface area contributed by atoms with Gasteiger partial charge in [0.05, 0.1) is 34.4 Å². The Morgan fingerprint density at radius 3 is 1.46 bits per heavy atom. The lowest BCUT2D eigenvalue weighted by Gasteiger charge is -2.28. The number of ether oxygens (including phenoxy) is 2. The van der Waals surface area contributed by atoms with E-state index in [0.717, 1.165) is 19.3 Å². The van der Waals surface area contributed by atoms with Crippen LogP contribution in [0.25, 0.3) is 0 Å². The van der Waals surface area contributed by atoms with E-state index in [0.29, 0.717) is 17.6 Å². The molecule has 0 heterocycles. The van der Waals surface area contributed by atoms with Gasteiger partial charge in [-0.3, -0.25) is 4.57 Å². The third kappa shape index (κ3) is 43.1. The fourth-order valence-corrected chi connectivity index (χ4v) is 6.52. The standard InChI is InChI=1S/C47H84NO7P/c1-6-8-10-12-14-16-18-20-22-23-24-25-26-28-30-32-34-36-38-40-47(49)55-46(45-54-56(50,51)53-43-41-48(3,4)5)44-52-42-39-37-35-33-31-29-27-21-19-17-15-13-11-9-7-2/h22-26,28,30,32,34,36,38,40,46H,6-21,27,29,31,33,35,37,39,41-45H2,1-5H3/b23-22+,25-24+,28-26+,32-30+,36-34+,40-38+. The third-order valence-electron chi connectivity index (χ3n) is 9.25. The minimum Gasteiger partial charge on any atom is -0.756 e. The molecule has 0 aliphatic rings. The van der Waals surface area contributed by atoms with Gasteiger partial charge in [-0.2, -0.15) is 0 Å². The minimum atomic E-state index is -4.57. The number of carbonyl (C=O) groups is 1. The highest BCUT2D eigenvalue weighted by molar-refractivity contribution is 7.45. The van der Waals surface area contributed by atoms with Crippen molar-refractivity contribution in [3.63, 3.8) is 0 Å². The molecule has 0 radical (unpaired) electrons. The lowest BCUT2D eigenvalue weighted by atomic mass is 10.0. The maximum atomic E-state index is 12.5. The molecule has 0 amide bonds. The van der Waals surface area contributed by atoms with Crippen LogP contribution in [0.1, 0.15) is 162 Å². The van der Waals surface area contributed by atoms with E-state index in [4.69, 9.17) is 18.5 Å². The smallest absolute Gasteiger partial charge is 0.331 e. The number of rotatable bonds is 40. The van der Waals surface area contributed by atoms with Crippen molar-refractivity contribution in [2.45, 2.75) is 168 Å². The second-order valence-corrected chi connectivity index (χ2v) is 17.3. The first kappa shape index (κ1) is 53.9. The molecule has 0 fully saturated rings. The summed E-state index contributed by atoms with van der Waals surface area (Å²) in [7, 11) is 1.26. The van der Waals surface area contributed by atoms with Crippen LogP contribution in [0.15, 0.2) is 72.9 Å². The van der Waals surface area contributed by atoms with Gasteiger partial charge in [-0.05, 0) is 19.3 Å². The second-order valence-electron chi connectivity index (χ2n) is 15.9. The van der Waals surface area contributed by atoms with Gasteiger partial charge in [0, 0.05) is 12.7 Å². The van der Waals surface area contributed by atoms with Gasteiger partial charge < -0.3 is 27.9 Å². The third-order valence-corrected chi connectivity index (χ3v) is 10.2. The van der Waals surface area contributed by atoms with E-state index in [-0.39, 0.29) is 19.8 Å². The molecule has 0 saturated carbocycles. The average molecular weight is 806 g/mol. The Labute approximate surface area is 344 Å². The summed E-state index contributed by atoms with van der Waals surface area (Å²) in [5.74, 6) is -0.612. The van der Waals surface area contributed by atoms with E-state index in [1.807, 2.05) is 63.7 Å². The monoisotopic (exact) mass is 806 g/mol. The Morgan fingerprint density at radius 1 is 0.554 bits per heavy atom. The minimum absolute atomic E-state index is 0.00280. The highest BCUT2D eigenvalue weighted by Crippen LogP contribution is 2.38. The van der Waals surface area contributed by atoms with Gasteiger partial charge in [-0.1, -0.05) is 209 Å². The summed E-state index contributed by atoms with van der Waals surface area (Å²) in [4.78, 5) is 24.9. The van der Waals surface area contributed by atoms with E-state index in [2.05, 4.69) is 26.0 Å². The fraction of sp³-hybridized carbons (Fsp3) is 0.723. The van der Waals surface area contributed by atoms with E-state index < -0.39 is 19.9 Å². The maximum absolute atomic E-state index is 12.5. The van der Waals surface area contributed by atoms with E-state index >= 15 is 0 Å².